The molecule has 35 heavy (non-hydrogen) atoms. The molecule has 0 saturated carbocycles. The van der Waals surface area contributed by atoms with E-state index in [1.54, 1.807) is 55.1 Å². The molecule has 3 aromatic rings. The van der Waals surface area contributed by atoms with Crippen molar-refractivity contribution in [1.29, 1.82) is 0 Å². The highest BCUT2D eigenvalue weighted by Crippen LogP contribution is 2.32. The summed E-state index contributed by atoms with van der Waals surface area (Å²) < 4.78 is 39.4. The molecule has 0 heterocycles. The first-order chi connectivity index (χ1) is 16.7. The minimum Gasteiger partial charge on any atom is -0.497 e. The molecule has 1 atom stereocenters. The molecular formula is C26H30N2O5S2. The highest BCUT2D eigenvalue weighted by atomic mass is 32.2. The van der Waals surface area contributed by atoms with Crippen LogP contribution in [-0.2, 0) is 14.8 Å². The molecule has 7 nitrogen and oxygen atoms in total. The van der Waals surface area contributed by atoms with Crippen molar-refractivity contribution in [2.24, 2.45) is 0 Å². The first-order valence-corrected chi connectivity index (χ1v) is 13.6. The molecule has 1 amide bonds. The van der Waals surface area contributed by atoms with E-state index < -0.39 is 22.5 Å². The summed E-state index contributed by atoms with van der Waals surface area (Å²) in [5.74, 6) is 0.234. The Morgan fingerprint density at radius 1 is 1.03 bits per heavy atom. The Kier molecular flexibility index (Phi) is 8.69. The van der Waals surface area contributed by atoms with Crippen LogP contribution in [0, 0.1) is 6.92 Å². The molecule has 186 valence electrons. The summed E-state index contributed by atoms with van der Waals surface area (Å²) in [4.78, 5) is 14.2. The lowest BCUT2D eigenvalue weighted by atomic mass is 10.1. The second-order valence-corrected chi connectivity index (χ2v) is 10.6. The van der Waals surface area contributed by atoms with Gasteiger partial charge in [-0.3, -0.25) is 9.10 Å². The number of hydrogen-bond donors (Lipinski definition) is 1. The van der Waals surface area contributed by atoms with Crippen LogP contribution in [0.2, 0.25) is 0 Å². The first-order valence-electron chi connectivity index (χ1n) is 10.9. The molecule has 0 bridgehead atoms. The van der Waals surface area contributed by atoms with E-state index in [1.165, 1.54) is 20.3 Å². The summed E-state index contributed by atoms with van der Waals surface area (Å²) in [5.41, 5.74) is 1.98. The number of rotatable bonds is 10. The third kappa shape index (κ3) is 6.29. The summed E-state index contributed by atoms with van der Waals surface area (Å²) >= 11 is 1.64. The summed E-state index contributed by atoms with van der Waals surface area (Å²) in [7, 11) is -1.25. The third-order valence-electron chi connectivity index (χ3n) is 5.51. The number of thioether (sulfide) groups is 1. The van der Waals surface area contributed by atoms with Gasteiger partial charge in [0, 0.05) is 11.0 Å². The number of nitrogens with one attached hydrogen (secondary N) is 1. The molecule has 0 aliphatic carbocycles. The van der Waals surface area contributed by atoms with Gasteiger partial charge in [-0.1, -0.05) is 24.3 Å². The van der Waals surface area contributed by atoms with E-state index in [-0.39, 0.29) is 16.7 Å². The number of benzene rings is 3. The van der Waals surface area contributed by atoms with Gasteiger partial charge in [0.1, 0.15) is 22.9 Å². The largest absolute Gasteiger partial charge is 0.497 e. The standard InChI is InChI=1S/C26H30N2O5S2/c1-18-9-14-24(33-4)25(15-18)35(30,31)28(21-7-6-8-22(16-21)32-3)17-26(29)27-19(2)20-10-12-23(34-5)13-11-20/h6-16,19H,17H2,1-5H3,(H,27,29). The van der Waals surface area contributed by atoms with Crippen LogP contribution in [0.3, 0.4) is 0 Å². The Morgan fingerprint density at radius 2 is 1.74 bits per heavy atom. The van der Waals surface area contributed by atoms with Crippen molar-refractivity contribution >= 4 is 33.4 Å². The number of carbonyl (C=O) groups is 1. The number of aryl methyl sites for hydroxylation is 1. The molecule has 9 heteroatoms. The fourth-order valence-electron chi connectivity index (χ4n) is 3.58. The second kappa shape index (κ2) is 11.5. The summed E-state index contributed by atoms with van der Waals surface area (Å²) in [5, 5.41) is 2.91. The average Bonchev–Trinajstić information content (AvgIpc) is 2.87. The molecule has 3 rings (SSSR count). The minimum absolute atomic E-state index is 0.0173. The molecule has 0 radical (unpaired) electrons. The summed E-state index contributed by atoms with van der Waals surface area (Å²) in [6, 6.07) is 19.1. The van der Waals surface area contributed by atoms with Crippen LogP contribution < -0.4 is 19.1 Å². The van der Waals surface area contributed by atoms with E-state index in [9.17, 15) is 13.2 Å². The van der Waals surface area contributed by atoms with Gasteiger partial charge in [-0.25, -0.2) is 8.42 Å². The maximum Gasteiger partial charge on any atom is 0.268 e. The van der Waals surface area contributed by atoms with E-state index in [0.717, 1.165) is 20.3 Å². The van der Waals surface area contributed by atoms with Crippen LogP contribution >= 0.6 is 11.8 Å². The molecule has 1 unspecified atom stereocenters. The number of ether oxygens (including phenoxy) is 2. The third-order valence-corrected chi connectivity index (χ3v) is 8.05. The van der Waals surface area contributed by atoms with Gasteiger partial charge in [0.05, 0.1) is 25.9 Å². The van der Waals surface area contributed by atoms with Crippen LogP contribution in [-0.4, -0.2) is 41.3 Å². The van der Waals surface area contributed by atoms with Crippen molar-refractivity contribution in [3.8, 4) is 11.5 Å². The van der Waals surface area contributed by atoms with Gasteiger partial charge in [0.25, 0.3) is 10.0 Å². The predicted molar refractivity (Wildman–Crippen MR) is 140 cm³/mol. The Hall–Kier alpha value is -3.17. The van der Waals surface area contributed by atoms with Crippen molar-refractivity contribution in [2.45, 2.75) is 29.7 Å². The molecule has 0 aliphatic heterocycles. The zero-order chi connectivity index (χ0) is 25.6. The van der Waals surface area contributed by atoms with Crippen LogP contribution in [0.15, 0.2) is 76.5 Å². The maximum atomic E-state index is 13.8. The Morgan fingerprint density at radius 3 is 2.37 bits per heavy atom. The highest BCUT2D eigenvalue weighted by molar-refractivity contribution is 7.98. The highest BCUT2D eigenvalue weighted by Gasteiger charge is 2.31. The van der Waals surface area contributed by atoms with Crippen LogP contribution in [0.1, 0.15) is 24.1 Å². The Bertz CT molecular complexity index is 1280. The van der Waals surface area contributed by atoms with Gasteiger partial charge >= 0.3 is 0 Å². The molecule has 0 aromatic heterocycles. The fourth-order valence-corrected chi connectivity index (χ4v) is 5.64. The van der Waals surface area contributed by atoms with E-state index >= 15 is 0 Å². The fraction of sp³-hybridized carbons (Fsp3) is 0.269. The molecule has 0 spiro atoms. The summed E-state index contributed by atoms with van der Waals surface area (Å²) in [6.45, 7) is 3.24. The molecule has 0 fully saturated rings. The van der Waals surface area contributed by atoms with Crippen molar-refractivity contribution in [3.05, 3.63) is 77.9 Å². The summed E-state index contributed by atoms with van der Waals surface area (Å²) in [6.07, 6.45) is 2.00. The van der Waals surface area contributed by atoms with Gasteiger partial charge in [-0.05, 0) is 67.6 Å². The molecule has 3 aromatic carbocycles. The minimum atomic E-state index is -4.16. The van der Waals surface area contributed by atoms with Crippen LogP contribution in [0.4, 0.5) is 5.69 Å². The predicted octanol–water partition coefficient (Wildman–Crippen LogP) is 4.81. The SMILES string of the molecule is COc1cccc(N(CC(=O)NC(C)c2ccc(SC)cc2)S(=O)(=O)c2cc(C)ccc2OC)c1. The molecular weight excluding hydrogens is 484 g/mol. The number of methoxy groups -OCH3 is 2. The number of nitrogens with zero attached hydrogens (tertiary/aromatic N) is 1. The van der Waals surface area contributed by atoms with Crippen LogP contribution in [0.5, 0.6) is 11.5 Å². The number of hydrogen-bond acceptors (Lipinski definition) is 6. The Balaban J connectivity index is 1.96. The number of amides is 1. The second-order valence-electron chi connectivity index (χ2n) is 7.93. The average molecular weight is 515 g/mol. The van der Waals surface area contributed by atoms with Gasteiger partial charge in [0.15, 0.2) is 0 Å². The van der Waals surface area contributed by atoms with Gasteiger partial charge in [-0.15, -0.1) is 11.8 Å². The lowest BCUT2D eigenvalue weighted by Crippen LogP contribution is -2.41. The number of carbonyl (C=O) groups excluding carboxylic acids is 1. The van der Waals surface area contributed by atoms with E-state index in [1.807, 2.05) is 37.4 Å². The smallest absolute Gasteiger partial charge is 0.268 e. The van der Waals surface area contributed by atoms with E-state index in [4.69, 9.17) is 9.47 Å². The van der Waals surface area contributed by atoms with Gasteiger partial charge in [0.2, 0.25) is 5.91 Å². The first kappa shape index (κ1) is 26.4. The van der Waals surface area contributed by atoms with Gasteiger partial charge < -0.3 is 14.8 Å². The normalized spacial score (nSPS) is 12.0. The zero-order valence-electron chi connectivity index (χ0n) is 20.4. The van der Waals surface area contributed by atoms with Crippen molar-refractivity contribution < 1.29 is 22.7 Å². The topological polar surface area (TPSA) is 84.9 Å². The lowest BCUT2D eigenvalue weighted by Gasteiger charge is -2.26. The molecule has 0 aliphatic rings. The number of anilines is 1. The van der Waals surface area contributed by atoms with E-state index in [0.29, 0.717) is 11.4 Å². The van der Waals surface area contributed by atoms with Crippen molar-refractivity contribution in [2.75, 3.05) is 31.3 Å². The quantitative estimate of drug-likeness (QED) is 0.391. The zero-order valence-corrected chi connectivity index (χ0v) is 22.1. The maximum absolute atomic E-state index is 13.8. The van der Waals surface area contributed by atoms with Crippen molar-refractivity contribution in [1.82, 2.24) is 5.32 Å². The number of sulfonamides is 1. The van der Waals surface area contributed by atoms with Crippen molar-refractivity contribution in [3.63, 3.8) is 0 Å². The Labute approximate surface area is 211 Å². The van der Waals surface area contributed by atoms with E-state index in [2.05, 4.69) is 5.32 Å². The monoisotopic (exact) mass is 514 g/mol. The molecule has 1 N–H and O–H groups in total. The van der Waals surface area contributed by atoms with Crippen LogP contribution in [0.25, 0.3) is 0 Å². The van der Waals surface area contributed by atoms with Gasteiger partial charge in [-0.2, -0.15) is 0 Å². The lowest BCUT2D eigenvalue weighted by molar-refractivity contribution is -0.120. The molecule has 0 saturated heterocycles.